The molecule has 1 aromatic heterocycles. The van der Waals surface area contributed by atoms with E-state index >= 15 is 0 Å². The lowest BCUT2D eigenvalue weighted by atomic mass is 9.94. The molecule has 226 valence electrons. The number of fused-ring (bicyclic) bond motifs is 1. The largest absolute Gasteiger partial charge is 0.493 e. The van der Waals surface area contributed by atoms with E-state index in [0.29, 0.717) is 15.6 Å². The Hall–Kier alpha value is -4.45. The van der Waals surface area contributed by atoms with Crippen molar-refractivity contribution >= 4 is 58.0 Å². The lowest BCUT2D eigenvalue weighted by molar-refractivity contribution is -0.385. The van der Waals surface area contributed by atoms with Crippen LogP contribution in [0, 0.1) is 10.1 Å². The predicted octanol–water partition coefficient (Wildman–Crippen LogP) is 5.71. The second kappa shape index (κ2) is 13.0. The Kier molecular flexibility index (Phi) is 9.19. The van der Waals surface area contributed by atoms with Crippen LogP contribution in [-0.2, 0) is 16.1 Å². The number of methoxy groups -OCH3 is 1. The molecule has 1 atom stereocenters. The van der Waals surface area contributed by atoms with Gasteiger partial charge in [-0.3, -0.25) is 19.5 Å². The number of nitro benzene ring substituents is 1. The number of carbonyl (C=O) groups is 1. The van der Waals surface area contributed by atoms with Crippen LogP contribution in [0.5, 0.6) is 11.5 Å². The molecule has 44 heavy (non-hydrogen) atoms. The molecule has 4 aromatic rings. The highest BCUT2D eigenvalue weighted by atomic mass is 35.5. The maximum Gasteiger partial charge on any atom is 0.338 e. The first-order valence-electron chi connectivity index (χ1n) is 13.3. The zero-order valence-corrected chi connectivity index (χ0v) is 26.0. The third-order valence-corrected chi connectivity index (χ3v) is 8.38. The van der Waals surface area contributed by atoms with Crippen LogP contribution in [-0.4, -0.2) is 29.2 Å². The summed E-state index contributed by atoms with van der Waals surface area (Å²) in [4.78, 5) is 43.7. The fourth-order valence-electron chi connectivity index (χ4n) is 4.75. The number of hydrogen-bond acceptors (Lipinski definition) is 9. The highest BCUT2D eigenvalue weighted by Crippen LogP contribution is 2.43. The van der Waals surface area contributed by atoms with E-state index in [4.69, 9.17) is 42.4 Å². The molecule has 2 heterocycles. The van der Waals surface area contributed by atoms with E-state index in [1.165, 1.54) is 23.8 Å². The van der Waals surface area contributed by atoms with Gasteiger partial charge in [-0.1, -0.05) is 70.9 Å². The number of carbonyl (C=O) groups excluding carboxylic acids is 1. The van der Waals surface area contributed by atoms with Crippen LogP contribution in [0.3, 0.4) is 0 Å². The molecule has 0 fully saturated rings. The topological polar surface area (TPSA) is 122 Å². The fraction of sp³-hybridized carbons (Fsp3) is 0.194. The molecule has 0 bridgehead atoms. The minimum atomic E-state index is -1.18. The van der Waals surface area contributed by atoms with E-state index in [-0.39, 0.29) is 56.6 Å². The third kappa shape index (κ3) is 6.12. The van der Waals surface area contributed by atoms with Gasteiger partial charge in [0.25, 0.3) is 11.2 Å². The zero-order valence-electron chi connectivity index (χ0n) is 23.7. The molecule has 13 heteroatoms. The Labute approximate surface area is 265 Å². The Morgan fingerprint density at radius 2 is 1.89 bits per heavy atom. The Morgan fingerprint density at radius 1 is 1.14 bits per heavy atom. The summed E-state index contributed by atoms with van der Waals surface area (Å²) in [6, 6.07) is 15.7. The molecule has 1 aliphatic rings. The van der Waals surface area contributed by atoms with Gasteiger partial charge in [0.1, 0.15) is 12.6 Å². The number of benzene rings is 3. The van der Waals surface area contributed by atoms with Crippen LogP contribution in [0.4, 0.5) is 5.69 Å². The summed E-state index contributed by atoms with van der Waals surface area (Å²) in [7, 11) is 1.41. The number of aromatic nitrogens is 1. The standard InChI is InChI=1S/C31H25Cl2N3O7S/c1-4-42-30(38)27-17(2)35-29(37)26(12-19-10-11-20(32)13-22(19)33)44-31(35)34-28(27)21-14-24(41-3)25(15-23(21)36(39)40)43-16-18-8-6-5-7-9-18/h5-15,28H,4,16H2,1-3H3/b26-12-/t28-/m0/s1. The molecular formula is C31H25Cl2N3O7S. The minimum Gasteiger partial charge on any atom is -0.493 e. The van der Waals surface area contributed by atoms with Gasteiger partial charge in [0.2, 0.25) is 0 Å². The van der Waals surface area contributed by atoms with E-state index in [1.54, 1.807) is 38.1 Å². The van der Waals surface area contributed by atoms with Crippen LogP contribution in [0.2, 0.25) is 10.0 Å². The van der Waals surface area contributed by atoms with Crippen molar-refractivity contribution in [2.24, 2.45) is 4.99 Å². The Balaban J connectivity index is 1.69. The molecular weight excluding hydrogens is 629 g/mol. The normalized spacial score (nSPS) is 14.6. The molecule has 0 amide bonds. The average molecular weight is 655 g/mol. The van der Waals surface area contributed by atoms with E-state index < -0.39 is 22.5 Å². The van der Waals surface area contributed by atoms with E-state index in [0.717, 1.165) is 16.9 Å². The van der Waals surface area contributed by atoms with Gasteiger partial charge in [0, 0.05) is 15.7 Å². The lowest BCUT2D eigenvalue weighted by Crippen LogP contribution is -2.35. The first-order valence-corrected chi connectivity index (χ1v) is 14.9. The summed E-state index contributed by atoms with van der Waals surface area (Å²) >= 11 is 13.4. The minimum absolute atomic E-state index is 0.0153. The Bertz CT molecular complexity index is 1990. The summed E-state index contributed by atoms with van der Waals surface area (Å²) in [6.07, 6.45) is 1.60. The second-order valence-electron chi connectivity index (χ2n) is 9.54. The molecule has 0 saturated heterocycles. The SMILES string of the molecule is CCOC(=O)C1=C(C)n2c(s/c(=C\c3ccc(Cl)cc3Cl)c2=O)=N[C@H]1c1cc(OC)c(OCc2ccccc2)cc1[N+](=O)[O-]. The smallest absolute Gasteiger partial charge is 0.338 e. The van der Waals surface area contributed by atoms with Crippen molar-refractivity contribution in [1.82, 2.24) is 4.57 Å². The van der Waals surface area contributed by atoms with Gasteiger partial charge in [0.15, 0.2) is 16.3 Å². The molecule has 0 aliphatic carbocycles. The molecule has 0 spiro atoms. The first-order chi connectivity index (χ1) is 21.1. The van der Waals surface area contributed by atoms with Crippen molar-refractivity contribution in [2.45, 2.75) is 26.5 Å². The number of esters is 1. The van der Waals surface area contributed by atoms with Gasteiger partial charge in [-0.05, 0) is 49.2 Å². The number of hydrogen-bond donors (Lipinski definition) is 0. The molecule has 0 saturated carbocycles. The van der Waals surface area contributed by atoms with Crippen LogP contribution in [0.15, 0.2) is 76.0 Å². The molecule has 3 aromatic carbocycles. The van der Waals surface area contributed by atoms with E-state index in [1.807, 2.05) is 30.3 Å². The summed E-state index contributed by atoms with van der Waals surface area (Å²) in [6.45, 7) is 3.40. The quantitative estimate of drug-likeness (QED) is 0.129. The van der Waals surface area contributed by atoms with Crippen molar-refractivity contribution in [3.63, 3.8) is 0 Å². The van der Waals surface area contributed by atoms with Crippen LogP contribution in [0.1, 0.15) is 36.6 Å². The van der Waals surface area contributed by atoms with Crippen molar-refractivity contribution in [3.8, 4) is 11.5 Å². The van der Waals surface area contributed by atoms with Gasteiger partial charge in [-0.25, -0.2) is 9.79 Å². The summed E-state index contributed by atoms with van der Waals surface area (Å²) in [5.41, 5.74) is 0.924. The maximum atomic E-state index is 13.6. The molecule has 0 unspecified atom stereocenters. The van der Waals surface area contributed by atoms with E-state index in [2.05, 4.69) is 0 Å². The lowest BCUT2D eigenvalue weighted by Gasteiger charge is -2.23. The summed E-state index contributed by atoms with van der Waals surface area (Å²) < 4.78 is 18.4. The summed E-state index contributed by atoms with van der Waals surface area (Å²) in [5.74, 6) is -0.407. The highest BCUT2D eigenvalue weighted by molar-refractivity contribution is 7.07. The molecule has 5 rings (SSSR count). The number of rotatable bonds is 9. The van der Waals surface area contributed by atoms with Crippen molar-refractivity contribution < 1.29 is 23.9 Å². The van der Waals surface area contributed by atoms with Gasteiger partial charge >= 0.3 is 5.97 Å². The molecule has 10 nitrogen and oxygen atoms in total. The van der Waals surface area contributed by atoms with Gasteiger partial charge in [-0.2, -0.15) is 0 Å². The number of allylic oxidation sites excluding steroid dienone is 1. The third-order valence-electron chi connectivity index (χ3n) is 6.83. The average Bonchev–Trinajstić information content (AvgIpc) is 3.32. The van der Waals surface area contributed by atoms with Crippen LogP contribution >= 0.6 is 34.5 Å². The highest BCUT2D eigenvalue weighted by Gasteiger charge is 2.36. The number of ether oxygens (including phenoxy) is 3. The molecule has 0 N–H and O–H groups in total. The number of nitro groups is 1. The maximum absolute atomic E-state index is 13.6. The van der Waals surface area contributed by atoms with Crippen molar-refractivity contribution in [1.29, 1.82) is 0 Å². The van der Waals surface area contributed by atoms with Gasteiger partial charge < -0.3 is 14.2 Å². The zero-order chi connectivity index (χ0) is 31.5. The van der Waals surface area contributed by atoms with Crippen molar-refractivity contribution in [2.75, 3.05) is 13.7 Å². The van der Waals surface area contributed by atoms with Crippen LogP contribution < -0.4 is 24.4 Å². The predicted molar refractivity (Wildman–Crippen MR) is 168 cm³/mol. The second-order valence-corrected chi connectivity index (χ2v) is 11.4. The molecule has 0 radical (unpaired) electrons. The first kappa shape index (κ1) is 31.0. The number of thiazole rings is 1. The fourth-order valence-corrected chi connectivity index (χ4v) is 6.25. The van der Waals surface area contributed by atoms with Gasteiger partial charge in [0.05, 0.1) is 40.4 Å². The molecule has 1 aliphatic heterocycles. The van der Waals surface area contributed by atoms with Crippen molar-refractivity contribution in [3.05, 3.63) is 123 Å². The van der Waals surface area contributed by atoms with Gasteiger partial charge in [-0.15, -0.1) is 0 Å². The van der Waals surface area contributed by atoms with E-state index in [9.17, 15) is 19.7 Å². The number of nitrogens with zero attached hydrogens (tertiary/aromatic N) is 3. The van der Waals surface area contributed by atoms with Crippen LogP contribution in [0.25, 0.3) is 11.8 Å². The summed E-state index contributed by atoms with van der Waals surface area (Å²) in [5, 5.41) is 13.2. The Morgan fingerprint density at radius 3 is 2.55 bits per heavy atom. The number of halogens is 2. The monoisotopic (exact) mass is 653 g/mol.